The van der Waals surface area contributed by atoms with Gasteiger partial charge in [-0.1, -0.05) is 32.0 Å². The summed E-state index contributed by atoms with van der Waals surface area (Å²) >= 11 is 0. The van der Waals surface area contributed by atoms with Gasteiger partial charge in [0.15, 0.2) is 0 Å². The number of aromatic nitrogens is 1. The number of methoxy groups -OCH3 is 1. The maximum Gasteiger partial charge on any atom is 0.252 e. The smallest absolute Gasteiger partial charge is 0.252 e. The molecule has 1 aliphatic heterocycles. The van der Waals surface area contributed by atoms with Crippen molar-refractivity contribution in [3.63, 3.8) is 0 Å². The molecule has 0 atom stereocenters. The van der Waals surface area contributed by atoms with Gasteiger partial charge < -0.3 is 24.0 Å². The van der Waals surface area contributed by atoms with E-state index in [2.05, 4.69) is 18.7 Å². The number of amides is 2. The lowest BCUT2D eigenvalue weighted by atomic mass is 10.1. The molecule has 204 valence electrons. The van der Waals surface area contributed by atoms with E-state index >= 15 is 0 Å². The molecule has 2 heterocycles. The fourth-order valence-corrected chi connectivity index (χ4v) is 5.30. The molecule has 38 heavy (non-hydrogen) atoms. The number of benzene rings is 2. The highest BCUT2D eigenvalue weighted by Crippen LogP contribution is 2.26. The number of fused-ring (bicyclic) bond motifs is 2. The Balaban J connectivity index is 1.66. The number of anilines is 1. The number of ether oxygens (including phenoxy) is 1. The van der Waals surface area contributed by atoms with Crippen molar-refractivity contribution in [3.05, 3.63) is 66.1 Å². The van der Waals surface area contributed by atoms with Crippen LogP contribution in [-0.4, -0.2) is 72.6 Å². The average Bonchev–Trinajstić information content (AvgIpc) is 3.28. The standard InChI is InChI=1S/C30H39FN4O3/c1-23(2)19-32-13-6-15-34(29(36)21-33-17-12-24-8-4-5-9-27(24)33)20-25-18-26(31)10-11-28(25)35(16-7-14-32)30(37)22-38-3/h4-5,8-12,17-18,23H,6-7,13-16,19-22H2,1-3H3. The number of nitrogens with zero attached hydrogens (tertiary/aromatic N) is 4. The Morgan fingerprint density at radius 3 is 2.50 bits per heavy atom. The average molecular weight is 523 g/mol. The van der Waals surface area contributed by atoms with E-state index in [0.29, 0.717) is 30.3 Å². The van der Waals surface area contributed by atoms with Crippen molar-refractivity contribution in [1.29, 1.82) is 0 Å². The first kappa shape index (κ1) is 27.8. The van der Waals surface area contributed by atoms with Gasteiger partial charge in [-0.25, -0.2) is 4.39 Å². The summed E-state index contributed by atoms with van der Waals surface area (Å²) in [6, 6.07) is 14.5. The van der Waals surface area contributed by atoms with E-state index < -0.39 is 0 Å². The highest BCUT2D eigenvalue weighted by atomic mass is 19.1. The number of carbonyl (C=O) groups excluding carboxylic acids is 2. The molecule has 1 aliphatic rings. The summed E-state index contributed by atoms with van der Waals surface area (Å²) in [7, 11) is 1.50. The van der Waals surface area contributed by atoms with Crippen molar-refractivity contribution in [2.75, 3.05) is 51.3 Å². The van der Waals surface area contributed by atoms with Gasteiger partial charge in [0.25, 0.3) is 5.91 Å². The Morgan fingerprint density at radius 1 is 0.974 bits per heavy atom. The topological polar surface area (TPSA) is 58.0 Å². The molecule has 4 rings (SSSR count). The third-order valence-corrected chi connectivity index (χ3v) is 6.98. The molecule has 8 heteroatoms. The van der Waals surface area contributed by atoms with Crippen molar-refractivity contribution in [3.8, 4) is 0 Å². The quantitative estimate of drug-likeness (QED) is 0.477. The van der Waals surface area contributed by atoms with Crippen molar-refractivity contribution < 1.29 is 18.7 Å². The first-order valence-electron chi connectivity index (χ1n) is 13.5. The molecular formula is C30H39FN4O3. The minimum atomic E-state index is -0.387. The van der Waals surface area contributed by atoms with Crippen molar-refractivity contribution >= 4 is 28.4 Å². The van der Waals surface area contributed by atoms with E-state index in [4.69, 9.17) is 4.74 Å². The zero-order chi connectivity index (χ0) is 27.1. The van der Waals surface area contributed by atoms with Crippen LogP contribution in [-0.2, 0) is 27.4 Å². The molecule has 0 radical (unpaired) electrons. The molecule has 0 N–H and O–H groups in total. The molecular weight excluding hydrogens is 483 g/mol. The number of halogens is 1. The Kier molecular flexibility index (Phi) is 9.53. The molecule has 7 nitrogen and oxygen atoms in total. The molecule has 0 fully saturated rings. The van der Waals surface area contributed by atoms with Gasteiger partial charge in [-0.05, 0) is 73.1 Å². The Labute approximate surface area is 224 Å². The Morgan fingerprint density at radius 2 is 1.74 bits per heavy atom. The van der Waals surface area contributed by atoms with Crippen LogP contribution in [0.2, 0.25) is 0 Å². The first-order valence-corrected chi connectivity index (χ1v) is 13.5. The predicted octanol–water partition coefficient (Wildman–Crippen LogP) is 4.54. The van der Waals surface area contributed by atoms with E-state index in [9.17, 15) is 14.0 Å². The van der Waals surface area contributed by atoms with Gasteiger partial charge in [-0.2, -0.15) is 0 Å². The lowest BCUT2D eigenvalue weighted by Crippen LogP contribution is -2.41. The van der Waals surface area contributed by atoms with E-state index in [1.807, 2.05) is 41.1 Å². The van der Waals surface area contributed by atoms with Gasteiger partial charge in [0.1, 0.15) is 19.0 Å². The number of hydrogen-bond donors (Lipinski definition) is 0. The van der Waals surface area contributed by atoms with Crippen molar-refractivity contribution in [2.45, 2.75) is 39.8 Å². The van der Waals surface area contributed by atoms with Gasteiger partial charge >= 0.3 is 0 Å². The van der Waals surface area contributed by atoms with Gasteiger partial charge in [0.2, 0.25) is 5.91 Å². The molecule has 2 aromatic carbocycles. The van der Waals surface area contributed by atoms with Gasteiger partial charge in [-0.15, -0.1) is 0 Å². The summed E-state index contributed by atoms with van der Waals surface area (Å²) < 4.78 is 21.6. The molecule has 0 bridgehead atoms. The summed E-state index contributed by atoms with van der Waals surface area (Å²) in [5.74, 6) is -0.0900. The minimum absolute atomic E-state index is 0.0381. The molecule has 0 saturated heterocycles. The van der Waals surface area contributed by atoms with Gasteiger partial charge in [0, 0.05) is 50.7 Å². The molecule has 0 aliphatic carbocycles. The summed E-state index contributed by atoms with van der Waals surface area (Å²) in [5, 5.41) is 1.08. The molecule has 0 saturated carbocycles. The minimum Gasteiger partial charge on any atom is -0.375 e. The van der Waals surface area contributed by atoms with Crippen LogP contribution in [0.25, 0.3) is 10.9 Å². The van der Waals surface area contributed by atoms with Crippen LogP contribution >= 0.6 is 0 Å². The Bertz CT molecular complexity index is 1240. The third-order valence-electron chi connectivity index (χ3n) is 6.98. The molecule has 2 amide bonds. The highest BCUT2D eigenvalue weighted by molar-refractivity contribution is 5.95. The second kappa shape index (κ2) is 13.0. The van der Waals surface area contributed by atoms with Crippen LogP contribution < -0.4 is 4.90 Å². The number of hydrogen-bond acceptors (Lipinski definition) is 4. The van der Waals surface area contributed by atoms with Crippen LogP contribution in [0.4, 0.5) is 10.1 Å². The highest BCUT2D eigenvalue weighted by Gasteiger charge is 2.24. The monoisotopic (exact) mass is 522 g/mol. The van der Waals surface area contributed by atoms with Crippen LogP contribution in [0.15, 0.2) is 54.7 Å². The van der Waals surface area contributed by atoms with Gasteiger partial charge in [-0.3, -0.25) is 9.59 Å². The van der Waals surface area contributed by atoms with E-state index in [-0.39, 0.29) is 37.3 Å². The Hall–Kier alpha value is -3.23. The van der Waals surface area contributed by atoms with Crippen LogP contribution in [0.3, 0.4) is 0 Å². The fraction of sp³-hybridized carbons (Fsp3) is 0.467. The molecule has 0 unspecified atom stereocenters. The number of carbonyl (C=O) groups is 2. The summed E-state index contributed by atoms with van der Waals surface area (Å²) in [6.45, 7) is 8.47. The molecule has 3 aromatic rings. The maximum atomic E-state index is 14.5. The fourth-order valence-electron chi connectivity index (χ4n) is 5.30. The molecule has 0 spiro atoms. The lowest BCUT2D eigenvalue weighted by Gasteiger charge is -2.32. The van der Waals surface area contributed by atoms with Crippen molar-refractivity contribution in [1.82, 2.24) is 14.4 Å². The number of para-hydroxylation sites is 1. The van der Waals surface area contributed by atoms with Crippen LogP contribution in [0.1, 0.15) is 32.3 Å². The zero-order valence-corrected chi connectivity index (χ0v) is 22.7. The second-order valence-corrected chi connectivity index (χ2v) is 10.5. The zero-order valence-electron chi connectivity index (χ0n) is 22.7. The summed E-state index contributed by atoms with van der Waals surface area (Å²) in [4.78, 5) is 32.7. The second-order valence-electron chi connectivity index (χ2n) is 10.5. The normalized spacial score (nSPS) is 15.8. The van der Waals surface area contributed by atoms with E-state index in [1.54, 1.807) is 15.9 Å². The summed E-state index contributed by atoms with van der Waals surface area (Å²) in [6.07, 6.45) is 3.55. The van der Waals surface area contributed by atoms with Crippen LogP contribution in [0.5, 0.6) is 0 Å². The van der Waals surface area contributed by atoms with E-state index in [1.165, 1.54) is 19.2 Å². The number of rotatable bonds is 6. The largest absolute Gasteiger partial charge is 0.375 e. The van der Waals surface area contributed by atoms with E-state index in [0.717, 1.165) is 43.4 Å². The SMILES string of the molecule is COCC(=O)N1CCCN(CC(C)C)CCCN(C(=O)Cn2ccc3ccccc32)Cc2cc(F)ccc21. The lowest BCUT2D eigenvalue weighted by molar-refractivity contribution is -0.132. The first-order chi connectivity index (χ1) is 18.4. The third kappa shape index (κ3) is 6.99. The predicted molar refractivity (Wildman–Crippen MR) is 148 cm³/mol. The van der Waals surface area contributed by atoms with Crippen LogP contribution in [0, 0.1) is 11.7 Å². The summed E-state index contributed by atoms with van der Waals surface area (Å²) in [5.41, 5.74) is 2.26. The van der Waals surface area contributed by atoms with Gasteiger partial charge in [0.05, 0.1) is 0 Å². The maximum absolute atomic E-state index is 14.5. The molecule has 1 aromatic heterocycles. The van der Waals surface area contributed by atoms with Crippen molar-refractivity contribution in [2.24, 2.45) is 5.92 Å².